The summed E-state index contributed by atoms with van der Waals surface area (Å²) in [6.07, 6.45) is -0.441. The lowest BCUT2D eigenvalue weighted by Crippen LogP contribution is -2.39. The van der Waals surface area contributed by atoms with E-state index in [1.807, 2.05) is 0 Å². The molecule has 2 amide bonds. The Kier molecular flexibility index (Phi) is 5.06. The highest BCUT2D eigenvalue weighted by molar-refractivity contribution is 7.92. The van der Waals surface area contributed by atoms with Crippen LogP contribution in [0.1, 0.15) is 10.4 Å². The molecule has 1 atom stereocenters. The molecule has 0 saturated heterocycles. The van der Waals surface area contributed by atoms with Gasteiger partial charge in [-0.2, -0.15) is 0 Å². The average molecular weight is 301 g/mol. The number of amides is 2. The van der Waals surface area contributed by atoms with Gasteiger partial charge in [-0.1, -0.05) is 0 Å². The van der Waals surface area contributed by atoms with Crippen molar-refractivity contribution in [3.8, 4) is 0 Å². The maximum Gasteiger partial charge on any atom is 0.251 e. The maximum absolute atomic E-state index is 11.7. The Morgan fingerprint density at radius 2 is 1.85 bits per heavy atom. The summed E-state index contributed by atoms with van der Waals surface area (Å²) in [6.45, 7) is -0.294. The number of hydrogen-bond acceptors (Lipinski definition) is 5. The number of nitrogens with one attached hydrogen (secondary N) is 2. The maximum atomic E-state index is 11.7. The Labute approximate surface area is 116 Å². The second kappa shape index (κ2) is 6.35. The highest BCUT2D eigenvalue weighted by Crippen LogP contribution is 2.10. The first-order valence-electron chi connectivity index (χ1n) is 5.52. The van der Waals surface area contributed by atoms with Gasteiger partial charge in [0, 0.05) is 11.3 Å². The number of primary amides is 1. The molecule has 110 valence electrons. The molecule has 0 saturated carbocycles. The average Bonchev–Trinajstić information content (AvgIpc) is 2.34. The van der Waals surface area contributed by atoms with Crippen LogP contribution in [-0.4, -0.2) is 44.2 Å². The fourth-order valence-corrected chi connectivity index (χ4v) is 1.86. The van der Waals surface area contributed by atoms with E-state index in [0.717, 1.165) is 6.26 Å². The summed E-state index contributed by atoms with van der Waals surface area (Å²) in [4.78, 5) is 22.2. The van der Waals surface area contributed by atoms with Gasteiger partial charge < -0.3 is 16.2 Å². The molecule has 1 rings (SSSR count). The lowest BCUT2D eigenvalue weighted by atomic mass is 10.2. The summed E-state index contributed by atoms with van der Waals surface area (Å²) in [5.74, 6) is -1.45. The summed E-state index contributed by atoms with van der Waals surface area (Å²) >= 11 is 0. The number of anilines is 1. The predicted molar refractivity (Wildman–Crippen MR) is 72.4 cm³/mol. The van der Waals surface area contributed by atoms with Crippen molar-refractivity contribution in [3.05, 3.63) is 29.8 Å². The number of aliphatic hydroxyl groups excluding tert-OH is 1. The largest absolute Gasteiger partial charge is 0.381 e. The molecule has 1 aromatic carbocycles. The van der Waals surface area contributed by atoms with Gasteiger partial charge in [0.1, 0.15) is 6.10 Å². The van der Waals surface area contributed by atoms with Gasteiger partial charge in [0.15, 0.2) is 0 Å². The fraction of sp³-hybridized carbons (Fsp3) is 0.273. The zero-order valence-corrected chi connectivity index (χ0v) is 11.5. The number of benzene rings is 1. The van der Waals surface area contributed by atoms with Gasteiger partial charge >= 0.3 is 0 Å². The fourth-order valence-electron chi connectivity index (χ4n) is 1.30. The van der Waals surface area contributed by atoms with E-state index in [1.165, 1.54) is 24.3 Å². The molecule has 20 heavy (non-hydrogen) atoms. The zero-order valence-electron chi connectivity index (χ0n) is 10.7. The number of carbonyl (C=O) groups excluding carboxylic acids is 2. The van der Waals surface area contributed by atoms with Crippen molar-refractivity contribution in [2.24, 2.45) is 5.73 Å². The topological polar surface area (TPSA) is 139 Å². The summed E-state index contributed by atoms with van der Waals surface area (Å²) in [5, 5.41) is 11.4. The molecule has 8 nitrogen and oxygen atoms in total. The minimum atomic E-state index is -3.38. The van der Waals surface area contributed by atoms with E-state index in [9.17, 15) is 18.0 Å². The number of aliphatic hydroxyl groups is 1. The van der Waals surface area contributed by atoms with Crippen LogP contribution in [0.2, 0.25) is 0 Å². The van der Waals surface area contributed by atoms with Crippen LogP contribution in [0, 0.1) is 0 Å². The zero-order chi connectivity index (χ0) is 15.3. The van der Waals surface area contributed by atoms with Crippen LogP contribution in [-0.2, 0) is 14.8 Å². The molecule has 0 bridgehead atoms. The second-order valence-electron chi connectivity index (χ2n) is 4.08. The number of carbonyl (C=O) groups is 2. The van der Waals surface area contributed by atoms with Crippen molar-refractivity contribution in [2.75, 3.05) is 17.5 Å². The van der Waals surface area contributed by atoms with Crippen LogP contribution in [0.4, 0.5) is 5.69 Å². The minimum Gasteiger partial charge on any atom is -0.381 e. The van der Waals surface area contributed by atoms with Crippen LogP contribution in [0.15, 0.2) is 24.3 Å². The second-order valence-corrected chi connectivity index (χ2v) is 5.83. The first-order valence-corrected chi connectivity index (χ1v) is 7.41. The molecule has 0 fully saturated rings. The Morgan fingerprint density at radius 1 is 1.30 bits per heavy atom. The SMILES string of the molecule is CS(=O)(=O)Nc1ccc(C(=O)NCC(O)C(N)=O)cc1. The quantitative estimate of drug-likeness (QED) is 0.513. The van der Waals surface area contributed by atoms with Gasteiger partial charge in [0.25, 0.3) is 5.91 Å². The molecule has 0 aromatic heterocycles. The molecular weight excluding hydrogens is 286 g/mol. The third-order valence-corrected chi connectivity index (χ3v) is 2.84. The van der Waals surface area contributed by atoms with Crippen molar-refractivity contribution in [1.29, 1.82) is 0 Å². The van der Waals surface area contributed by atoms with Crippen molar-refractivity contribution in [1.82, 2.24) is 5.32 Å². The first-order chi connectivity index (χ1) is 9.19. The van der Waals surface area contributed by atoms with E-state index in [-0.39, 0.29) is 12.1 Å². The summed E-state index contributed by atoms with van der Waals surface area (Å²) in [5.41, 5.74) is 5.41. The smallest absolute Gasteiger partial charge is 0.251 e. The molecule has 0 radical (unpaired) electrons. The van der Waals surface area contributed by atoms with Gasteiger partial charge in [0.2, 0.25) is 15.9 Å². The highest BCUT2D eigenvalue weighted by Gasteiger charge is 2.13. The van der Waals surface area contributed by atoms with Crippen molar-refractivity contribution in [2.45, 2.75) is 6.10 Å². The normalized spacial score (nSPS) is 12.5. The first kappa shape index (κ1) is 15.9. The van der Waals surface area contributed by atoms with Crippen LogP contribution in [0.3, 0.4) is 0 Å². The third-order valence-electron chi connectivity index (χ3n) is 2.23. The molecule has 0 heterocycles. The van der Waals surface area contributed by atoms with E-state index < -0.39 is 27.9 Å². The van der Waals surface area contributed by atoms with E-state index >= 15 is 0 Å². The van der Waals surface area contributed by atoms with E-state index in [4.69, 9.17) is 10.8 Å². The van der Waals surface area contributed by atoms with Gasteiger partial charge in [0.05, 0.1) is 12.8 Å². The number of nitrogens with two attached hydrogens (primary N) is 1. The van der Waals surface area contributed by atoms with Crippen LogP contribution in [0.25, 0.3) is 0 Å². The standard InChI is InChI=1S/C11H15N3O5S/c1-20(18,19)14-8-4-2-7(3-5-8)11(17)13-6-9(15)10(12)16/h2-5,9,14-15H,6H2,1H3,(H2,12,16)(H,13,17). The molecule has 0 aliphatic rings. The van der Waals surface area contributed by atoms with E-state index in [2.05, 4.69) is 10.0 Å². The number of sulfonamides is 1. The van der Waals surface area contributed by atoms with Gasteiger partial charge in [-0.3, -0.25) is 14.3 Å². The van der Waals surface area contributed by atoms with Crippen LogP contribution < -0.4 is 15.8 Å². The molecule has 0 aliphatic carbocycles. The van der Waals surface area contributed by atoms with Crippen molar-refractivity contribution in [3.63, 3.8) is 0 Å². The Hall–Kier alpha value is -2.13. The number of hydrogen-bond donors (Lipinski definition) is 4. The highest BCUT2D eigenvalue weighted by atomic mass is 32.2. The summed E-state index contributed by atoms with van der Waals surface area (Å²) < 4.78 is 24.2. The monoisotopic (exact) mass is 301 g/mol. The van der Waals surface area contributed by atoms with Crippen molar-refractivity contribution >= 4 is 27.5 Å². The predicted octanol–water partition coefficient (Wildman–Crippen LogP) is -1.37. The van der Waals surface area contributed by atoms with E-state index in [1.54, 1.807) is 0 Å². The molecule has 0 aliphatic heterocycles. The summed E-state index contributed by atoms with van der Waals surface area (Å²) in [6, 6.07) is 5.64. The lowest BCUT2D eigenvalue weighted by molar-refractivity contribution is -0.125. The van der Waals surface area contributed by atoms with Crippen LogP contribution >= 0.6 is 0 Å². The van der Waals surface area contributed by atoms with Crippen molar-refractivity contribution < 1.29 is 23.1 Å². The molecule has 5 N–H and O–H groups in total. The third kappa shape index (κ3) is 5.24. The van der Waals surface area contributed by atoms with E-state index in [0.29, 0.717) is 5.69 Å². The molecule has 0 spiro atoms. The molecule has 9 heteroatoms. The van der Waals surface area contributed by atoms with Gasteiger partial charge in [-0.05, 0) is 24.3 Å². The lowest BCUT2D eigenvalue weighted by Gasteiger charge is -2.09. The Bertz CT molecular complexity index is 597. The Morgan fingerprint density at radius 3 is 2.30 bits per heavy atom. The molecular formula is C11H15N3O5S. The number of rotatable bonds is 6. The minimum absolute atomic E-state index is 0.251. The summed E-state index contributed by atoms with van der Waals surface area (Å²) in [7, 11) is -3.38. The van der Waals surface area contributed by atoms with Gasteiger partial charge in [-0.15, -0.1) is 0 Å². The van der Waals surface area contributed by atoms with Gasteiger partial charge in [-0.25, -0.2) is 8.42 Å². The van der Waals surface area contributed by atoms with Crippen LogP contribution in [0.5, 0.6) is 0 Å². The molecule has 1 unspecified atom stereocenters. The molecule has 1 aromatic rings. The Balaban J connectivity index is 2.64.